The second kappa shape index (κ2) is 6.23. The number of benzene rings is 1. The minimum absolute atomic E-state index is 0.228. The highest BCUT2D eigenvalue weighted by atomic mass is 32.2. The predicted molar refractivity (Wildman–Crippen MR) is 71.5 cm³/mol. The molecule has 1 aliphatic rings. The highest BCUT2D eigenvalue weighted by molar-refractivity contribution is 7.98. The van der Waals surface area contributed by atoms with Crippen LogP contribution < -0.4 is 0 Å². The average molecular weight is 268 g/mol. The van der Waals surface area contributed by atoms with Gasteiger partial charge in [-0.05, 0) is 42.2 Å². The summed E-state index contributed by atoms with van der Waals surface area (Å²) in [6, 6.07) is 4.36. The molecule has 1 aromatic carbocycles. The summed E-state index contributed by atoms with van der Waals surface area (Å²) < 4.78 is 13.2. The lowest BCUT2D eigenvalue weighted by Gasteiger charge is -2.08. The Bertz CT molecular complexity index is 428. The normalized spacial score (nSPS) is 16.1. The topological polar surface area (TPSA) is 37.3 Å². The van der Waals surface area contributed by atoms with E-state index in [2.05, 4.69) is 0 Å². The van der Waals surface area contributed by atoms with Crippen LogP contribution in [0.3, 0.4) is 0 Å². The molecular weight excluding hydrogens is 251 g/mol. The summed E-state index contributed by atoms with van der Waals surface area (Å²) in [6.45, 7) is 0. The molecule has 0 spiro atoms. The third kappa shape index (κ3) is 3.48. The predicted octanol–water partition coefficient (Wildman–Crippen LogP) is 3.95. The van der Waals surface area contributed by atoms with Gasteiger partial charge in [-0.1, -0.05) is 18.9 Å². The number of carbonyl (C=O) groups is 1. The fourth-order valence-corrected chi connectivity index (χ4v) is 3.55. The molecule has 0 heterocycles. The molecule has 1 saturated carbocycles. The van der Waals surface area contributed by atoms with Crippen molar-refractivity contribution >= 4 is 17.7 Å². The van der Waals surface area contributed by atoms with Crippen LogP contribution in [0.25, 0.3) is 0 Å². The molecule has 1 aliphatic carbocycles. The van der Waals surface area contributed by atoms with Crippen molar-refractivity contribution in [2.24, 2.45) is 5.92 Å². The molecule has 18 heavy (non-hydrogen) atoms. The first-order valence-corrected chi connectivity index (χ1v) is 7.42. The van der Waals surface area contributed by atoms with E-state index in [0.29, 0.717) is 0 Å². The Morgan fingerprint density at radius 1 is 1.39 bits per heavy atom. The number of halogens is 1. The van der Waals surface area contributed by atoms with E-state index >= 15 is 0 Å². The largest absolute Gasteiger partial charge is 0.478 e. The lowest BCUT2D eigenvalue weighted by molar-refractivity contribution is 0.0692. The van der Waals surface area contributed by atoms with E-state index in [-0.39, 0.29) is 5.56 Å². The molecule has 4 heteroatoms. The van der Waals surface area contributed by atoms with E-state index in [1.807, 2.05) is 11.8 Å². The molecule has 0 aromatic heterocycles. The molecule has 2 nitrogen and oxygen atoms in total. The average Bonchev–Trinajstić information content (AvgIpc) is 2.84. The molecule has 98 valence electrons. The van der Waals surface area contributed by atoms with Gasteiger partial charge >= 0.3 is 5.97 Å². The van der Waals surface area contributed by atoms with Gasteiger partial charge in [0.05, 0.1) is 5.56 Å². The smallest absolute Gasteiger partial charge is 0.338 e. The van der Waals surface area contributed by atoms with Crippen LogP contribution in [0.5, 0.6) is 0 Å². The molecule has 1 N–H and O–H groups in total. The molecule has 0 bridgehead atoms. The second-order valence-corrected chi connectivity index (χ2v) is 5.82. The fourth-order valence-electron chi connectivity index (χ4n) is 2.35. The molecule has 0 amide bonds. The highest BCUT2D eigenvalue weighted by Gasteiger charge is 2.15. The van der Waals surface area contributed by atoms with Gasteiger partial charge < -0.3 is 5.11 Å². The summed E-state index contributed by atoms with van der Waals surface area (Å²) in [5.41, 5.74) is 0.658. The molecule has 0 atom stereocenters. The first-order valence-electron chi connectivity index (χ1n) is 6.26. The van der Waals surface area contributed by atoms with Crippen molar-refractivity contribution in [3.63, 3.8) is 0 Å². The first kappa shape index (κ1) is 13.4. The Balaban J connectivity index is 1.88. The van der Waals surface area contributed by atoms with Crippen LogP contribution in [0.2, 0.25) is 0 Å². The third-order valence-corrected chi connectivity index (χ3v) is 4.60. The van der Waals surface area contributed by atoms with E-state index < -0.39 is 11.8 Å². The maximum absolute atomic E-state index is 13.2. The van der Waals surface area contributed by atoms with Crippen molar-refractivity contribution in [1.29, 1.82) is 0 Å². The zero-order valence-corrected chi connectivity index (χ0v) is 11.0. The SMILES string of the molecule is O=C(O)c1cc(CSCC2CCCC2)ccc1F. The first-order chi connectivity index (χ1) is 8.66. The van der Waals surface area contributed by atoms with Crippen LogP contribution in [0.15, 0.2) is 18.2 Å². The van der Waals surface area contributed by atoms with Crippen molar-refractivity contribution in [3.05, 3.63) is 35.1 Å². The fraction of sp³-hybridized carbons (Fsp3) is 0.500. The van der Waals surface area contributed by atoms with Crippen molar-refractivity contribution in [2.45, 2.75) is 31.4 Å². The van der Waals surface area contributed by atoms with Crippen LogP contribution in [-0.2, 0) is 5.75 Å². The summed E-state index contributed by atoms with van der Waals surface area (Å²) in [6.07, 6.45) is 5.31. The Morgan fingerprint density at radius 3 is 2.78 bits per heavy atom. The van der Waals surface area contributed by atoms with Crippen molar-refractivity contribution in [1.82, 2.24) is 0 Å². The Morgan fingerprint density at radius 2 is 2.11 bits per heavy atom. The Hall–Kier alpha value is -1.03. The van der Waals surface area contributed by atoms with Crippen LogP contribution in [0, 0.1) is 11.7 Å². The van der Waals surface area contributed by atoms with Gasteiger partial charge in [-0.3, -0.25) is 0 Å². The zero-order chi connectivity index (χ0) is 13.0. The molecular formula is C14H17FO2S. The molecule has 0 aliphatic heterocycles. The van der Waals surface area contributed by atoms with Crippen molar-refractivity contribution in [2.75, 3.05) is 5.75 Å². The van der Waals surface area contributed by atoms with Crippen LogP contribution in [0.4, 0.5) is 4.39 Å². The summed E-state index contributed by atoms with van der Waals surface area (Å²) in [5, 5.41) is 8.84. The second-order valence-electron chi connectivity index (χ2n) is 4.78. The number of hydrogen-bond donors (Lipinski definition) is 1. The van der Waals surface area contributed by atoms with Gasteiger partial charge in [0.1, 0.15) is 5.82 Å². The van der Waals surface area contributed by atoms with Crippen molar-refractivity contribution < 1.29 is 14.3 Å². The number of rotatable bonds is 5. The van der Waals surface area contributed by atoms with Crippen LogP contribution in [-0.4, -0.2) is 16.8 Å². The zero-order valence-electron chi connectivity index (χ0n) is 10.2. The highest BCUT2D eigenvalue weighted by Crippen LogP contribution is 2.29. The quantitative estimate of drug-likeness (QED) is 0.878. The van der Waals surface area contributed by atoms with E-state index in [1.54, 1.807) is 6.07 Å². The van der Waals surface area contributed by atoms with Crippen LogP contribution >= 0.6 is 11.8 Å². The van der Waals surface area contributed by atoms with Crippen molar-refractivity contribution in [3.8, 4) is 0 Å². The number of aromatic carboxylic acids is 1. The van der Waals surface area contributed by atoms with E-state index in [4.69, 9.17) is 5.11 Å². The Kier molecular flexibility index (Phi) is 4.64. The van der Waals surface area contributed by atoms with Gasteiger partial charge in [-0.25, -0.2) is 9.18 Å². The lowest BCUT2D eigenvalue weighted by atomic mass is 10.1. The third-order valence-electron chi connectivity index (χ3n) is 3.36. The van der Waals surface area contributed by atoms with Gasteiger partial charge in [-0.2, -0.15) is 11.8 Å². The van der Waals surface area contributed by atoms with Gasteiger partial charge in [0, 0.05) is 5.75 Å². The number of hydrogen-bond acceptors (Lipinski definition) is 2. The number of carboxylic acid groups (broad SMARTS) is 1. The molecule has 0 radical (unpaired) electrons. The van der Waals surface area contributed by atoms with E-state index in [0.717, 1.165) is 23.0 Å². The van der Waals surface area contributed by atoms with E-state index in [9.17, 15) is 9.18 Å². The number of thioether (sulfide) groups is 1. The van der Waals surface area contributed by atoms with Gasteiger partial charge in [0.15, 0.2) is 0 Å². The lowest BCUT2D eigenvalue weighted by Crippen LogP contribution is -2.02. The maximum atomic E-state index is 13.2. The van der Waals surface area contributed by atoms with Gasteiger partial charge in [0.25, 0.3) is 0 Å². The minimum Gasteiger partial charge on any atom is -0.478 e. The van der Waals surface area contributed by atoms with E-state index in [1.165, 1.54) is 37.8 Å². The maximum Gasteiger partial charge on any atom is 0.338 e. The van der Waals surface area contributed by atoms with Crippen LogP contribution in [0.1, 0.15) is 41.6 Å². The monoisotopic (exact) mass is 268 g/mol. The number of carboxylic acids is 1. The summed E-state index contributed by atoms with van der Waals surface area (Å²) in [7, 11) is 0. The molecule has 1 aromatic rings. The molecule has 0 unspecified atom stereocenters. The summed E-state index contributed by atoms with van der Waals surface area (Å²) in [4.78, 5) is 10.8. The standard InChI is InChI=1S/C14H17FO2S/c15-13-6-5-11(7-12(13)14(16)17)9-18-8-10-3-1-2-4-10/h5-7,10H,1-4,8-9H2,(H,16,17). The minimum atomic E-state index is -1.20. The van der Waals surface area contributed by atoms with Gasteiger partial charge in [0.2, 0.25) is 0 Å². The Labute approximate surface area is 111 Å². The molecule has 0 saturated heterocycles. The molecule has 1 fully saturated rings. The van der Waals surface area contributed by atoms with Gasteiger partial charge in [-0.15, -0.1) is 0 Å². The molecule has 2 rings (SSSR count). The summed E-state index contributed by atoms with van der Waals surface area (Å²) >= 11 is 1.81. The summed E-state index contributed by atoms with van der Waals surface area (Å²) in [5.74, 6) is 0.841.